The van der Waals surface area contributed by atoms with Crippen molar-refractivity contribution in [3.63, 3.8) is 0 Å². The molecule has 0 radical (unpaired) electrons. The Morgan fingerprint density at radius 3 is 2.75 bits per heavy atom. The molecule has 170 valence electrons. The molecule has 2 heterocycles. The molecule has 2 aliphatic heterocycles. The van der Waals surface area contributed by atoms with Crippen molar-refractivity contribution in [2.24, 2.45) is 11.8 Å². The predicted octanol–water partition coefficient (Wildman–Crippen LogP) is 5.36. The largest absolute Gasteiger partial charge is 0.391 e. The van der Waals surface area contributed by atoms with Gasteiger partial charge in [-0.05, 0) is 42.7 Å². The first-order valence-corrected chi connectivity index (χ1v) is 10.5. The van der Waals surface area contributed by atoms with Crippen LogP contribution in [0.5, 0.6) is 0 Å². The van der Waals surface area contributed by atoms with E-state index >= 15 is 0 Å². The topological polar surface area (TPSA) is 61.4 Å². The number of rotatable bonds is 3. The summed E-state index contributed by atoms with van der Waals surface area (Å²) in [4.78, 5) is 26.6. The van der Waals surface area contributed by atoms with Crippen molar-refractivity contribution in [2.45, 2.75) is 25.6 Å². The molecule has 0 spiro atoms. The molecule has 3 atom stereocenters. The van der Waals surface area contributed by atoms with Crippen molar-refractivity contribution >= 4 is 29.2 Å². The van der Waals surface area contributed by atoms with Crippen LogP contribution in [0.4, 0.5) is 28.0 Å². The van der Waals surface area contributed by atoms with Gasteiger partial charge >= 0.3 is 12.2 Å². The molecule has 0 aromatic heterocycles. The van der Waals surface area contributed by atoms with Crippen molar-refractivity contribution in [2.75, 3.05) is 18.4 Å². The van der Waals surface area contributed by atoms with Gasteiger partial charge in [-0.3, -0.25) is 4.79 Å². The molecule has 2 aromatic rings. The van der Waals surface area contributed by atoms with E-state index in [1.807, 2.05) is 0 Å². The van der Waals surface area contributed by atoms with Gasteiger partial charge in [-0.2, -0.15) is 13.2 Å². The second-order valence-corrected chi connectivity index (χ2v) is 8.50. The monoisotopic (exact) mass is 469 g/mol. The van der Waals surface area contributed by atoms with E-state index in [0.717, 1.165) is 6.92 Å². The van der Waals surface area contributed by atoms with E-state index in [0.29, 0.717) is 22.4 Å². The molecule has 2 aliphatic rings. The summed E-state index contributed by atoms with van der Waals surface area (Å²) in [5.74, 6) is -3.12. The molecule has 2 aromatic carbocycles. The molecule has 2 N–H and O–H groups in total. The third-order valence-electron chi connectivity index (χ3n) is 6.16. The highest BCUT2D eigenvalue weighted by atomic mass is 35.5. The van der Waals surface area contributed by atoms with E-state index < -0.39 is 41.8 Å². The first-order chi connectivity index (χ1) is 15.1. The summed E-state index contributed by atoms with van der Waals surface area (Å²) in [7, 11) is 0. The van der Waals surface area contributed by atoms with Gasteiger partial charge < -0.3 is 15.5 Å². The zero-order valence-corrected chi connectivity index (χ0v) is 17.7. The number of carbonyl (C=O) groups excluding carboxylic acids is 2. The van der Waals surface area contributed by atoms with Crippen molar-refractivity contribution in [3.05, 3.63) is 63.9 Å². The Hall–Kier alpha value is -2.81. The number of benzene rings is 2. The van der Waals surface area contributed by atoms with E-state index in [1.54, 1.807) is 18.2 Å². The number of halogens is 5. The van der Waals surface area contributed by atoms with Gasteiger partial charge in [0.2, 0.25) is 0 Å². The van der Waals surface area contributed by atoms with Gasteiger partial charge in [0.1, 0.15) is 5.82 Å². The van der Waals surface area contributed by atoms with E-state index in [4.69, 9.17) is 11.6 Å². The van der Waals surface area contributed by atoms with E-state index in [1.165, 1.54) is 23.1 Å². The number of urea groups is 1. The van der Waals surface area contributed by atoms with Gasteiger partial charge in [0, 0.05) is 40.5 Å². The number of hydrogen-bond donors (Lipinski definition) is 2. The summed E-state index contributed by atoms with van der Waals surface area (Å²) < 4.78 is 52.9. The molecular weight excluding hydrogens is 450 g/mol. The molecule has 32 heavy (non-hydrogen) atoms. The van der Waals surface area contributed by atoms with Crippen LogP contribution in [0.15, 0.2) is 36.4 Å². The Morgan fingerprint density at radius 2 is 2.03 bits per heavy atom. The Kier molecular flexibility index (Phi) is 5.79. The number of nitrogens with one attached hydrogen (secondary N) is 2. The molecule has 0 saturated carbocycles. The van der Waals surface area contributed by atoms with Gasteiger partial charge in [-0.25, -0.2) is 9.18 Å². The third-order valence-corrected chi connectivity index (χ3v) is 6.51. The number of nitrogens with zero attached hydrogens (tertiary/aromatic N) is 1. The van der Waals surface area contributed by atoms with E-state index in [-0.39, 0.29) is 24.5 Å². The van der Waals surface area contributed by atoms with Gasteiger partial charge in [0.15, 0.2) is 0 Å². The van der Waals surface area contributed by atoms with Crippen molar-refractivity contribution in [3.8, 4) is 0 Å². The summed E-state index contributed by atoms with van der Waals surface area (Å²) in [5, 5.41) is 5.70. The fraction of sp³-hybridized carbons (Fsp3) is 0.364. The standard InChI is InChI=1S/C22H20ClF4N3O2/c1-11(22(25,26)27)12-7-8-30(10-12)21(32)28-17-4-2-3-14-18(17)19(29-20(14)31)15-9-13(24)5-6-16(15)23/h2-6,9,11-12,19H,7-8,10H2,1H3,(H,28,32)(H,29,31). The summed E-state index contributed by atoms with van der Waals surface area (Å²) >= 11 is 6.23. The molecule has 4 rings (SSSR count). The predicted molar refractivity (Wildman–Crippen MR) is 111 cm³/mol. The van der Waals surface area contributed by atoms with Crippen LogP contribution >= 0.6 is 11.6 Å². The number of alkyl halides is 3. The average Bonchev–Trinajstić information content (AvgIpc) is 3.35. The molecule has 1 fully saturated rings. The Labute approximate surface area is 186 Å². The quantitative estimate of drug-likeness (QED) is 0.594. The number of likely N-dealkylation sites (tertiary alicyclic amines) is 1. The Bertz CT molecular complexity index is 1080. The fourth-order valence-electron chi connectivity index (χ4n) is 4.27. The van der Waals surface area contributed by atoms with Gasteiger partial charge in [0.25, 0.3) is 5.91 Å². The van der Waals surface area contributed by atoms with Crippen LogP contribution in [-0.2, 0) is 0 Å². The number of fused-ring (bicyclic) bond motifs is 1. The number of amides is 3. The van der Waals surface area contributed by atoms with Gasteiger partial charge in [0.05, 0.1) is 12.0 Å². The lowest BCUT2D eigenvalue weighted by atomic mass is 9.93. The normalized spacial score (nSPS) is 21.3. The zero-order valence-electron chi connectivity index (χ0n) is 17.0. The SMILES string of the molecule is CC(C1CCN(C(=O)Nc2cccc3c2C(c2cc(F)ccc2Cl)NC3=O)C1)C(F)(F)F. The fourth-order valence-corrected chi connectivity index (χ4v) is 4.50. The molecule has 1 saturated heterocycles. The first kappa shape index (κ1) is 22.4. The van der Waals surface area contributed by atoms with Crippen LogP contribution in [-0.4, -0.2) is 36.1 Å². The van der Waals surface area contributed by atoms with Gasteiger partial charge in [-0.15, -0.1) is 0 Å². The van der Waals surface area contributed by atoms with Crippen LogP contribution in [0.1, 0.15) is 40.9 Å². The summed E-state index contributed by atoms with van der Waals surface area (Å²) in [6, 6.07) is 7.19. The maximum Gasteiger partial charge on any atom is 0.391 e. The average molecular weight is 470 g/mol. The summed E-state index contributed by atoms with van der Waals surface area (Å²) in [5.41, 5.74) is 1.38. The molecule has 5 nitrogen and oxygen atoms in total. The minimum Gasteiger partial charge on any atom is -0.341 e. The lowest BCUT2D eigenvalue weighted by Gasteiger charge is -2.23. The molecule has 10 heteroatoms. The number of carbonyl (C=O) groups is 2. The van der Waals surface area contributed by atoms with Crippen LogP contribution in [0.2, 0.25) is 5.02 Å². The maximum atomic E-state index is 13.8. The molecule has 3 unspecified atom stereocenters. The first-order valence-electron chi connectivity index (χ1n) is 10.1. The zero-order chi connectivity index (χ0) is 23.2. The Morgan fingerprint density at radius 1 is 1.28 bits per heavy atom. The number of anilines is 1. The van der Waals surface area contributed by atoms with Crippen molar-refractivity contribution in [1.29, 1.82) is 0 Å². The van der Waals surface area contributed by atoms with Crippen LogP contribution in [0.25, 0.3) is 0 Å². The number of hydrogen-bond acceptors (Lipinski definition) is 2. The minimum atomic E-state index is -4.32. The lowest BCUT2D eigenvalue weighted by molar-refractivity contribution is -0.182. The third kappa shape index (κ3) is 4.13. The smallest absolute Gasteiger partial charge is 0.341 e. The second kappa shape index (κ2) is 8.27. The van der Waals surface area contributed by atoms with Crippen molar-refractivity contribution in [1.82, 2.24) is 10.2 Å². The van der Waals surface area contributed by atoms with Crippen molar-refractivity contribution < 1.29 is 27.2 Å². The minimum absolute atomic E-state index is 0.0160. The van der Waals surface area contributed by atoms with E-state index in [9.17, 15) is 27.2 Å². The summed E-state index contributed by atoms with van der Waals surface area (Å²) in [6.07, 6.45) is -4.07. The molecule has 0 bridgehead atoms. The second-order valence-electron chi connectivity index (χ2n) is 8.09. The molecule has 3 amide bonds. The van der Waals surface area contributed by atoms with Crippen LogP contribution in [0.3, 0.4) is 0 Å². The lowest BCUT2D eigenvalue weighted by Crippen LogP contribution is -2.35. The Balaban J connectivity index is 1.58. The maximum absolute atomic E-state index is 13.8. The highest BCUT2D eigenvalue weighted by Crippen LogP contribution is 2.40. The summed E-state index contributed by atoms with van der Waals surface area (Å²) in [6.45, 7) is 1.31. The van der Waals surface area contributed by atoms with Gasteiger partial charge in [-0.1, -0.05) is 24.6 Å². The van der Waals surface area contributed by atoms with E-state index in [2.05, 4.69) is 10.6 Å². The molecular formula is C22H20ClF4N3O2. The van der Waals surface area contributed by atoms with Crippen LogP contribution < -0.4 is 10.6 Å². The highest BCUT2D eigenvalue weighted by molar-refractivity contribution is 6.31. The molecule has 0 aliphatic carbocycles. The highest BCUT2D eigenvalue weighted by Gasteiger charge is 2.44. The van der Waals surface area contributed by atoms with Crippen LogP contribution in [0, 0.1) is 17.7 Å².